The molecule has 2 aromatic carbocycles. The molecule has 29 heavy (non-hydrogen) atoms. The Morgan fingerprint density at radius 3 is 2.59 bits per heavy atom. The highest BCUT2D eigenvalue weighted by atomic mass is 35.5. The summed E-state index contributed by atoms with van der Waals surface area (Å²) in [6.45, 7) is 0.330. The number of carbonyl (C=O) groups excluding carboxylic acids is 1. The Hall–Kier alpha value is -3.09. The van der Waals surface area contributed by atoms with Crippen LogP contribution >= 0.6 is 23.2 Å². The van der Waals surface area contributed by atoms with Gasteiger partial charge < -0.3 is 9.30 Å². The van der Waals surface area contributed by atoms with Crippen LogP contribution in [0.25, 0.3) is 0 Å². The summed E-state index contributed by atoms with van der Waals surface area (Å²) in [5.74, 6) is 0.129. The van der Waals surface area contributed by atoms with Crippen molar-refractivity contribution < 1.29 is 9.53 Å². The zero-order valence-corrected chi connectivity index (χ0v) is 16.9. The smallest absolute Gasteiger partial charge is 0.276 e. The first-order valence-electron chi connectivity index (χ1n) is 8.59. The van der Waals surface area contributed by atoms with Gasteiger partial charge in [0.1, 0.15) is 11.3 Å². The molecule has 3 aromatic rings. The Morgan fingerprint density at radius 1 is 1.14 bits per heavy atom. The van der Waals surface area contributed by atoms with Gasteiger partial charge in [0.25, 0.3) is 11.5 Å². The Labute approximate surface area is 177 Å². The predicted octanol–water partition coefficient (Wildman–Crippen LogP) is 3.98. The number of rotatable bonds is 6. The number of nitrogens with one attached hydrogen (secondary N) is 1. The van der Waals surface area contributed by atoms with Crippen LogP contribution < -0.4 is 15.7 Å². The van der Waals surface area contributed by atoms with E-state index >= 15 is 0 Å². The number of amides is 1. The summed E-state index contributed by atoms with van der Waals surface area (Å²) in [5.41, 5.74) is 3.50. The van der Waals surface area contributed by atoms with Gasteiger partial charge in [-0.1, -0.05) is 41.4 Å². The Kier molecular flexibility index (Phi) is 6.69. The summed E-state index contributed by atoms with van der Waals surface area (Å²) in [5, 5.41) is 4.68. The van der Waals surface area contributed by atoms with Crippen molar-refractivity contribution in [3.63, 3.8) is 0 Å². The largest absolute Gasteiger partial charge is 0.497 e. The van der Waals surface area contributed by atoms with E-state index < -0.39 is 11.5 Å². The number of benzene rings is 2. The van der Waals surface area contributed by atoms with Crippen molar-refractivity contribution in [2.45, 2.75) is 6.54 Å². The molecular weight excluding hydrogens is 413 g/mol. The minimum absolute atomic E-state index is 0.00713. The maximum atomic E-state index is 12.6. The van der Waals surface area contributed by atoms with E-state index in [0.717, 1.165) is 11.3 Å². The quantitative estimate of drug-likeness (QED) is 0.475. The highest BCUT2D eigenvalue weighted by Gasteiger charge is 2.11. The molecule has 8 heteroatoms. The number of carbonyl (C=O) groups is 1. The van der Waals surface area contributed by atoms with E-state index in [4.69, 9.17) is 27.9 Å². The first-order valence-corrected chi connectivity index (χ1v) is 9.34. The summed E-state index contributed by atoms with van der Waals surface area (Å²) in [6, 6.07) is 15.4. The molecule has 0 atom stereocenters. The zero-order chi connectivity index (χ0) is 20.8. The van der Waals surface area contributed by atoms with E-state index in [9.17, 15) is 9.59 Å². The molecule has 0 aliphatic rings. The number of methoxy groups -OCH3 is 1. The molecule has 1 N–H and O–H groups in total. The second-order valence-corrected chi connectivity index (χ2v) is 6.89. The molecule has 0 bridgehead atoms. The summed E-state index contributed by atoms with van der Waals surface area (Å²) in [4.78, 5) is 25.0. The van der Waals surface area contributed by atoms with Crippen LogP contribution in [0.4, 0.5) is 0 Å². The third kappa shape index (κ3) is 5.25. The van der Waals surface area contributed by atoms with Crippen molar-refractivity contribution in [3.05, 3.63) is 97.9 Å². The standard InChI is InChI=1S/C21H17Cl2N3O3/c1-29-16-7-4-14(5-8-16)13-26-10-2-3-17(21(26)28)20(27)25-24-12-15-6-9-18(22)19(23)11-15/h2-12H,13H2,1H3,(H,25,27)/b24-12-. The van der Waals surface area contributed by atoms with Crippen molar-refractivity contribution in [1.29, 1.82) is 0 Å². The van der Waals surface area contributed by atoms with Gasteiger partial charge in [0.15, 0.2) is 0 Å². The van der Waals surface area contributed by atoms with E-state index in [1.54, 1.807) is 37.6 Å². The average Bonchev–Trinajstić information content (AvgIpc) is 2.72. The molecule has 0 aliphatic carbocycles. The summed E-state index contributed by atoms with van der Waals surface area (Å²) in [6.07, 6.45) is 3.04. The molecule has 0 saturated carbocycles. The highest BCUT2D eigenvalue weighted by molar-refractivity contribution is 6.42. The Bertz CT molecular complexity index is 1110. The number of hydrogen-bond acceptors (Lipinski definition) is 4. The fourth-order valence-corrected chi connectivity index (χ4v) is 2.89. The monoisotopic (exact) mass is 429 g/mol. The van der Waals surface area contributed by atoms with Crippen LogP contribution in [0.2, 0.25) is 10.0 Å². The van der Waals surface area contributed by atoms with Gasteiger partial charge in [-0.05, 0) is 47.5 Å². The van der Waals surface area contributed by atoms with Gasteiger partial charge in [0, 0.05) is 6.20 Å². The lowest BCUT2D eigenvalue weighted by Gasteiger charge is -2.08. The maximum Gasteiger partial charge on any atom is 0.276 e. The van der Waals surface area contributed by atoms with E-state index in [0.29, 0.717) is 22.2 Å². The third-order valence-corrected chi connectivity index (χ3v) is 4.84. The van der Waals surface area contributed by atoms with Gasteiger partial charge in [-0.3, -0.25) is 9.59 Å². The fourth-order valence-electron chi connectivity index (χ4n) is 2.58. The lowest BCUT2D eigenvalue weighted by molar-refractivity contribution is 0.0953. The molecular formula is C21H17Cl2N3O3. The summed E-state index contributed by atoms with van der Waals surface area (Å²) >= 11 is 11.8. The minimum atomic E-state index is -0.601. The number of ether oxygens (including phenoxy) is 1. The Balaban J connectivity index is 1.72. The highest BCUT2D eigenvalue weighted by Crippen LogP contribution is 2.21. The number of nitrogens with zero attached hydrogens (tertiary/aromatic N) is 2. The van der Waals surface area contributed by atoms with Gasteiger partial charge in [-0.25, -0.2) is 5.43 Å². The van der Waals surface area contributed by atoms with Gasteiger partial charge in [0.05, 0.1) is 29.9 Å². The van der Waals surface area contributed by atoms with Crippen molar-refractivity contribution in [2.24, 2.45) is 5.10 Å². The molecule has 1 aromatic heterocycles. The summed E-state index contributed by atoms with van der Waals surface area (Å²) < 4.78 is 6.58. The first kappa shape index (κ1) is 20.6. The van der Waals surface area contributed by atoms with Crippen LogP contribution in [0.1, 0.15) is 21.5 Å². The predicted molar refractivity (Wildman–Crippen MR) is 114 cm³/mol. The lowest BCUT2D eigenvalue weighted by atomic mass is 10.2. The van der Waals surface area contributed by atoms with Crippen LogP contribution in [0.5, 0.6) is 5.75 Å². The minimum Gasteiger partial charge on any atom is -0.497 e. The van der Waals surface area contributed by atoms with Crippen LogP contribution in [0, 0.1) is 0 Å². The SMILES string of the molecule is COc1ccc(Cn2cccc(C(=O)N/N=C\c3ccc(Cl)c(Cl)c3)c2=O)cc1. The first-order chi connectivity index (χ1) is 14.0. The van der Waals surface area contributed by atoms with Crippen LogP contribution in [-0.4, -0.2) is 23.8 Å². The summed E-state index contributed by atoms with van der Waals surface area (Å²) in [7, 11) is 1.59. The Morgan fingerprint density at radius 2 is 1.90 bits per heavy atom. The normalized spacial score (nSPS) is 10.9. The fraction of sp³-hybridized carbons (Fsp3) is 0.0952. The molecule has 1 heterocycles. The number of halogens is 2. The van der Waals surface area contributed by atoms with Gasteiger partial charge in [0.2, 0.25) is 0 Å². The second kappa shape index (κ2) is 9.41. The number of hydrazone groups is 1. The molecule has 1 amide bonds. The second-order valence-electron chi connectivity index (χ2n) is 6.08. The van der Waals surface area contributed by atoms with Crippen LogP contribution in [0.3, 0.4) is 0 Å². The van der Waals surface area contributed by atoms with E-state index in [1.807, 2.05) is 24.3 Å². The molecule has 0 fully saturated rings. The molecule has 0 spiro atoms. The molecule has 3 rings (SSSR count). The van der Waals surface area contributed by atoms with Crippen LogP contribution in [0.15, 0.2) is 70.7 Å². The van der Waals surface area contributed by atoms with Gasteiger partial charge in [-0.2, -0.15) is 5.10 Å². The molecule has 0 unspecified atom stereocenters. The third-order valence-electron chi connectivity index (χ3n) is 4.10. The molecule has 6 nitrogen and oxygen atoms in total. The zero-order valence-electron chi connectivity index (χ0n) is 15.4. The topological polar surface area (TPSA) is 72.7 Å². The van der Waals surface area contributed by atoms with E-state index in [1.165, 1.54) is 16.8 Å². The van der Waals surface area contributed by atoms with Gasteiger partial charge >= 0.3 is 0 Å². The lowest BCUT2D eigenvalue weighted by Crippen LogP contribution is -2.30. The number of pyridine rings is 1. The van der Waals surface area contributed by atoms with Crippen molar-refractivity contribution >= 4 is 35.3 Å². The molecule has 0 saturated heterocycles. The van der Waals surface area contributed by atoms with E-state index in [2.05, 4.69) is 10.5 Å². The molecule has 0 radical (unpaired) electrons. The van der Waals surface area contributed by atoms with Gasteiger partial charge in [-0.15, -0.1) is 0 Å². The van der Waals surface area contributed by atoms with E-state index in [-0.39, 0.29) is 5.56 Å². The van der Waals surface area contributed by atoms with Crippen molar-refractivity contribution in [1.82, 2.24) is 9.99 Å². The van der Waals surface area contributed by atoms with Crippen molar-refractivity contribution in [2.75, 3.05) is 7.11 Å². The molecule has 148 valence electrons. The molecule has 0 aliphatic heterocycles. The number of aromatic nitrogens is 1. The maximum absolute atomic E-state index is 12.6. The average molecular weight is 430 g/mol. The van der Waals surface area contributed by atoms with Crippen molar-refractivity contribution in [3.8, 4) is 5.75 Å². The number of hydrogen-bond donors (Lipinski definition) is 1. The van der Waals surface area contributed by atoms with Crippen LogP contribution in [-0.2, 0) is 6.54 Å².